The van der Waals surface area contributed by atoms with Crippen LogP contribution in [0.15, 0.2) is 35.6 Å². The summed E-state index contributed by atoms with van der Waals surface area (Å²) in [6.45, 7) is 5.61. The second-order valence-electron chi connectivity index (χ2n) is 7.00. The lowest BCUT2D eigenvalue weighted by Gasteiger charge is -2.20. The highest BCUT2D eigenvalue weighted by Crippen LogP contribution is 2.26. The van der Waals surface area contributed by atoms with Gasteiger partial charge in [0.25, 0.3) is 5.69 Å². The SMILES string of the molecule is COC(=O)Cn1cc(-c2ccc([N+](=O)[O-])cc2)nc1SCC(=O)NC(C)(C)C. The molecule has 1 aromatic heterocycles. The standard InChI is InChI=1S/C18H22N4O5S/c1-18(2,3)20-15(23)11-28-17-19-14(9-21(17)10-16(24)27-4)12-5-7-13(8-6-12)22(25)26/h5-9H,10-11H2,1-4H3,(H,20,23). The van der Waals surface area contributed by atoms with Gasteiger partial charge in [0.15, 0.2) is 5.16 Å². The van der Waals surface area contributed by atoms with Crippen LogP contribution in [0.2, 0.25) is 0 Å². The first-order chi connectivity index (χ1) is 13.1. The fourth-order valence-electron chi connectivity index (χ4n) is 2.31. The summed E-state index contributed by atoms with van der Waals surface area (Å²) in [4.78, 5) is 38.6. The quantitative estimate of drug-likeness (QED) is 0.325. The summed E-state index contributed by atoms with van der Waals surface area (Å²) in [5, 5.41) is 14.1. The van der Waals surface area contributed by atoms with Gasteiger partial charge in [0.1, 0.15) is 6.54 Å². The van der Waals surface area contributed by atoms with Crippen molar-refractivity contribution < 1.29 is 19.2 Å². The van der Waals surface area contributed by atoms with Crippen molar-refractivity contribution >= 4 is 29.3 Å². The van der Waals surface area contributed by atoms with E-state index in [4.69, 9.17) is 4.74 Å². The molecule has 0 bridgehead atoms. The van der Waals surface area contributed by atoms with Crippen molar-refractivity contribution in [2.75, 3.05) is 12.9 Å². The number of esters is 1. The molecule has 0 atom stereocenters. The molecule has 10 heteroatoms. The Bertz CT molecular complexity index is 871. The van der Waals surface area contributed by atoms with Crippen LogP contribution >= 0.6 is 11.8 Å². The first-order valence-corrected chi connectivity index (χ1v) is 9.40. The molecule has 0 spiro atoms. The van der Waals surface area contributed by atoms with Crippen LogP contribution in [0.4, 0.5) is 5.69 Å². The Morgan fingerprint density at radius 2 is 1.93 bits per heavy atom. The molecule has 0 aliphatic heterocycles. The van der Waals surface area contributed by atoms with Gasteiger partial charge in [0, 0.05) is 29.4 Å². The summed E-state index contributed by atoms with van der Waals surface area (Å²) in [6, 6.07) is 5.95. The van der Waals surface area contributed by atoms with E-state index in [-0.39, 0.29) is 29.4 Å². The summed E-state index contributed by atoms with van der Waals surface area (Å²) in [5.41, 5.74) is 0.835. The number of methoxy groups -OCH3 is 1. The number of aromatic nitrogens is 2. The van der Waals surface area contributed by atoms with Crippen molar-refractivity contribution in [3.8, 4) is 11.3 Å². The van der Waals surface area contributed by atoms with Crippen LogP contribution < -0.4 is 5.32 Å². The molecule has 150 valence electrons. The van der Waals surface area contributed by atoms with Gasteiger partial charge in [-0.25, -0.2) is 4.98 Å². The molecule has 1 heterocycles. The monoisotopic (exact) mass is 406 g/mol. The van der Waals surface area contributed by atoms with Crippen molar-refractivity contribution in [2.45, 2.75) is 38.0 Å². The average Bonchev–Trinajstić information content (AvgIpc) is 3.01. The Labute approximate surface area is 166 Å². The number of carbonyl (C=O) groups is 2. The van der Waals surface area contributed by atoms with Crippen molar-refractivity contribution in [3.05, 3.63) is 40.6 Å². The van der Waals surface area contributed by atoms with E-state index >= 15 is 0 Å². The number of non-ortho nitro benzene ring substituents is 1. The third-order valence-corrected chi connectivity index (χ3v) is 4.48. The highest BCUT2D eigenvalue weighted by atomic mass is 32.2. The fraction of sp³-hybridized carbons (Fsp3) is 0.389. The Morgan fingerprint density at radius 3 is 2.46 bits per heavy atom. The zero-order valence-corrected chi connectivity index (χ0v) is 16.9. The number of hydrogen-bond acceptors (Lipinski definition) is 7. The molecule has 0 aliphatic carbocycles. The molecule has 1 amide bonds. The largest absolute Gasteiger partial charge is 0.468 e. The molecule has 0 fully saturated rings. The number of thioether (sulfide) groups is 1. The van der Waals surface area contributed by atoms with Gasteiger partial charge in [-0.2, -0.15) is 0 Å². The Kier molecular flexibility index (Phi) is 6.79. The zero-order chi connectivity index (χ0) is 20.9. The molecule has 2 aromatic rings. The van der Waals surface area contributed by atoms with Crippen molar-refractivity contribution in [2.24, 2.45) is 0 Å². The van der Waals surface area contributed by atoms with E-state index in [9.17, 15) is 19.7 Å². The molecular weight excluding hydrogens is 384 g/mol. The zero-order valence-electron chi connectivity index (χ0n) is 16.1. The smallest absolute Gasteiger partial charge is 0.325 e. The molecule has 9 nitrogen and oxygen atoms in total. The van der Waals surface area contributed by atoms with Crippen LogP contribution in [0.3, 0.4) is 0 Å². The predicted octanol–water partition coefficient (Wildman–Crippen LogP) is 2.64. The van der Waals surface area contributed by atoms with Crippen LogP contribution in [0.5, 0.6) is 0 Å². The van der Waals surface area contributed by atoms with Gasteiger partial charge in [-0.05, 0) is 32.9 Å². The molecule has 0 unspecified atom stereocenters. The van der Waals surface area contributed by atoms with E-state index in [1.165, 1.54) is 31.0 Å². The van der Waals surface area contributed by atoms with Crippen LogP contribution in [-0.4, -0.2) is 44.8 Å². The molecule has 0 aliphatic rings. The first kappa shape index (κ1) is 21.4. The van der Waals surface area contributed by atoms with E-state index in [0.29, 0.717) is 16.4 Å². The number of hydrogen-bond donors (Lipinski definition) is 1. The minimum absolute atomic E-state index is 0.0220. The highest BCUT2D eigenvalue weighted by Gasteiger charge is 2.18. The first-order valence-electron chi connectivity index (χ1n) is 8.41. The van der Waals surface area contributed by atoms with Crippen LogP contribution in [0, 0.1) is 10.1 Å². The topological polar surface area (TPSA) is 116 Å². The maximum absolute atomic E-state index is 12.1. The van der Waals surface area contributed by atoms with Crippen LogP contribution in [-0.2, 0) is 20.9 Å². The van der Waals surface area contributed by atoms with E-state index in [0.717, 1.165) is 0 Å². The maximum atomic E-state index is 12.1. The number of nitrogens with one attached hydrogen (secondary N) is 1. The lowest BCUT2D eigenvalue weighted by Crippen LogP contribution is -2.41. The van der Waals surface area contributed by atoms with Gasteiger partial charge in [-0.3, -0.25) is 19.7 Å². The maximum Gasteiger partial charge on any atom is 0.325 e. The number of rotatable bonds is 7. The molecule has 1 aromatic carbocycles. The van der Waals surface area contributed by atoms with Gasteiger partial charge in [0.05, 0.1) is 23.5 Å². The summed E-state index contributed by atoms with van der Waals surface area (Å²) in [6.07, 6.45) is 1.65. The fourth-order valence-corrected chi connectivity index (χ4v) is 3.09. The molecular formula is C18H22N4O5S. The van der Waals surface area contributed by atoms with Gasteiger partial charge in [-0.1, -0.05) is 11.8 Å². The third-order valence-electron chi connectivity index (χ3n) is 3.49. The van der Waals surface area contributed by atoms with Crippen LogP contribution in [0.25, 0.3) is 11.3 Å². The number of imidazole rings is 1. The summed E-state index contributed by atoms with van der Waals surface area (Å²) in [7, 11) is 1.29. The summed E-state index contributed by atoms with van der Waals surface area (Å²) < 4.78 is 6.30. The third kappa shape index (κ3) is 6.08. The van der Waals surface area contributed by atoms with Gasteiger partial charge < -0.3 is 14.6 Å². The Hall–Kier alpha value is -2.88. The van der Waals surface area contributed by atoms with Crippen molar-refractivity contribution in [3.63, 3.8) is 0 Å². The van der Waals surface area contributed by atoms with Gasteiger partial charge in [-0.15, -0.1) is 0 Å². The molecule has 0 radical (unpaired) electrons. The van der Waals surface area contributed by atoms with E-state index in [1.54, 1.807) is 22.9 Å². The van der Waals surface area contributed by atoms with Gasteiger partial charge >= 0.3 is 5.97 Å². The van der Waals surface area contributed by atoms with Gasteiger partial charge in [0.2, 0.25) is 5.91 Å². The molecule has 2 rings (SSSR count). The van der Waals surface area contributed by atoms with E-state index < -0.39 is 10.9 Å². The number of nitro groups is 1. The number of nitro benzene ring substituents is 1. The second-order valence-corrected chi connectivity index (χ2v) is 7.95. The van der Waals surface area contributed by atoms with E-state index in [2.05, 4.69) is 10.3 Å². The minimum Gasteiger partial charge on any atom is -0.468 e. The molecule has 0 saturated heterocycles. The second kappa shape index (κ2) is 8.87. The normalized spacial score (nSPS) is 11.1. The van der Waals surface area contributed by atoms with Crippen LogP contribution in [0.1, 0.15) is 20.8 Å². The number of carbonyl (C=O) groups excluding carboxylic acids is 2. The number of nitrogens with zero attached hydrogens (tertiary/aromatic N) is 3. The van der Waals surface area contributed by atoms with Crippen molar-refractivity contribution in [1.29, 1.82) is 0 Å². The minimum atomic E-state index is -0.477. The lowest BCUT2D eigenvalue weighted by atomic mass is 10.1. The number of ether oxygens (including phenoxy) is 1. The summed E-state index contributed by atoms with van der Waals surface area (Å²) in [5.74, 6) is -0.467. The molecule has 28 heavy (non-hydrogen) atoms. The average molecular weight is 406 g/mol. The van der Waals surface area contributed by atoms with Crippen molar-refractivity contribution in [1.82, 2.24) is 14.9 Å². The lowest BCUT2D eigenvalue weighted by molar-refractivity contribution is -0.384. The Balaban J connectivity index is 2.23. The summed E-state index contributed by atoms with van der Waals surface area (Å²) >= 11 is 1.20. The number of benzene rings is 1. The molecule has 1 N–H and O–H groups in total. The predicted molar refractivity (Wildman–Crippen MR) is 105 cm³/mol. The highest BCUT2D eigenvalue weighted by molar-refractivity contribution is 7.99. The van der Waals surface area contributed by atoms with E-state index in [1.807, 2.05) is 20.8 Å². The number of amides is 1. The molecule has 0 saturated carbocycles. The Morgan fingerprint density at radius 1 is 1.29 bits per heavy atom.